The molecule has 0 aliphatic carbocycles. The van der Waals surface area contributed by atoms with E-state index in [2.05, 4.69) is 15.3 Å². The lowest BCUT2D eigenvalue weighted by Crippen LogP contribution is -2.13. The van der Waals surface area contributed by atoms with Gasteiger partial charge in [0, 0.05) is 35.7 Å². The number of rotatable bonds is 5. The van der Waals surface area contributed by atoms with Gasteiger partial charge in [0.2, 0.25) is 5.91 Å². The van der Waals surface area contributed by atoms with Gasteiger partial charge >= 0.3 is 0 Å². The topological polar surface area (TPSA) is 80.9 Å². The average Bonchev–Trinajstić information content (AvgIpc) is 2.81. The minimum Gasteiger partial charge on any atom is -0.366 e. The number of nitrogens with zero attached hydrogens (tertiary/aromatic N) is 2. The lowest BCUT2D eigenvalue weighted by Gasteiger charge is -2.02. The quantitative estimate of drug-likeness (QED) is 0.849. The van der Waals surface area contributed by atoms with Gasteiger partial charge in [-0.3, -0.25) is 14.8 Å². The highest BCUT2D eigenvalue weighted by molar-refractivity contribution is 7.10. The van der Waals surface area contributed by atoms with E-state index in [1.807, 2.05) is 6.92 Å². The molecular weight excluding hydrogens is 248 g/mol. The summed E-state index contributed by atoms with van der Waals surface area (Å²) in [5.74, 6) is -0.387. The number of thiophene rings is 1. The number of primary amides is 1. The molecule has 0 aliphatic rings. The lowest BCUT2D eigenvalue weighted by atomic mass is 10.3. The smallest absolute Gasteiger partial charge is 0.249 e. The molecule has 2 heterocycles. The Bertz CT molecular complexity index is 535. The summed E-state index contributed by atoms with van der Waals surface area (Å²) in [6.45, 7) is 3.24. The fraction of sp³-hybridized carbons (Fsp3) is 0.250. The van der Waals surface area contributed by atoms with Crippen LogP contribution in [0.1, 0.15) is 26.6 Å². The van der Waals surface area contributed by atoms with Gasteiger partial charge in [-0.15, -0.1) is 11.3 Å². The van der Waals surface area contributed by atoms with E-state index in [-0.39, 0.29) is 5.91 Å². The largest absolute Gasteiger partial charge is 0.366 e. The highest BCUT2D eigenvalue weighted by atomic mass is 32.1. The molecule has 6 heteroatoms. The summed E-state index contributed by atoms with van der Waals surface area (Å²) in [6, 6.07) is 1.81. The van der Waals surface area contributed by atoms with Crippen LogP contribution in [0.15, 0.2) is 23.8 Å². The van der Waals surface area contributed by atoms with Crippen LogP contribution in [-0.4, -0.2) is 15.9 Å². The molecule has 0 aliphatic heterocycles. The number of nitrogens with two attached hydrogens (primary N) is 1. The standard InChI is InChI=1S/C12H14N4OS/c1-8-3-16-10(5-15-8)4-14-6-11-2-9(7-18-11)12(13)17/h2-3,5,7,14H,4,6H2,1H3,(H2,13,17). The fourth-order valence-corrected chi connectivity index (χ4v) is 2.27. The van der Waals surface area contributed by atoms with Crippen molar-refractivity contribution in [3.63, 3.8) is 0 Å². The summed E-state index contributed by atoms with van der Waals surface area (Å²) in [4.78, 5) is 20.4. The third-order valence-electron chi connectivity index (χ3n) is 2.38. The minimum atomic E-state index is -0.387. The molecule has 18 heavy (non-hydrogen) atoms. The van der Waals surface area contributed by atoms with Crippen LogP contribution >= 0.6 is 11.3 Å². The van der Waals surface area contributed by atoms with Crippen LogP contribution in [0.5, 0.6) is 0 Å². The van der Waals surface area contributed by atoms with Crippen molar-refractivity contribution in [2.24, 2.45) is 5.73 Å². The first-order valence-corrected chi connectivity index (χ1v) is 6.38. The third-order valence-corrected chi connectivity index (χ3v) is 3.31. The van der Waals surface area contributed by atoms with Crippen molar-refractivity contribution in [2.75, 3.05) is 0 Å². The van der Waals surface area contributed by atoms with E-state index < -0.39 is 0 Å². The van der Waals surface area contributed by atoms with Gasteiger partial charge in [0.05, 0.1) is 17.0 Å². The Kier molecular flexibility index (Phi) is 4.01. The molecular formula is C12H14N4OS. The van der Waals surface area contributed by atoms with Gasteiger partial charge in [-0.25, -0.2) is 0 Å². The van der Waals surface area contributed by atoms with Gasteiger partial charge in [0.15, 0.2) is 0 Å². The molecule has 3 N–H and O–H groups in total. The van der Waals surface area contributed by atoms with Crippen LogP contribution in [0.4, 0.5) is 0 Å². The molecule has 0 spiro atoms. The van der Waals surface area contributed by atoms with Crippen molar-refractivity contribution in [1.29, 1.82) is 0 Å². The predicted octanol–water partition coefficient (Wildman–Crippen LogP) is 1.24. The van der Waals surface area contributed by atoms with Crippen molar-refractivity contribution >= 4 is 17.2 Å². The first kappa shape index (κ1) is 12.7. The Hall–Kier alpha value is -1.79. The number of aryl methyl sites for hydroxylation is 1. The summed E-state index contributed by atoms with van der Waals surface area (Å²) in [7, 11) is 0. The number of hydrogen-bond donors (Lipinski definition) is 2. The van der Waals surface area contributed by atoms with Gasteiger partial charge in [-0.1, -0.05) is 0 Å². The number of amides is 1. The minimum absolute atomic E-state index is 0.387. The maximum atomic E-state index is 10.9. The number of aromatic nitrogens is 2. The third kappa shape index (κ3) is 3.35. The lowest BCUT2D eigenvalue weighted by molar-refractivity contribution is 0.100. The normalized spacial score (nSPS) is 10.5. The summed E-state index contributed by atoms with van der Waals surface area (Å²) < 4.78 is 0. The van der Waals surface area contributed by atoms with E-state index in [0.717, 1.165) is 16.3 Å². The molecule has 0 fully saturated rings. The first-order valence-electron chi connectivity index (χ1n) is 5.50. The molecule has 1 amide bonds. The second-order valence-corrected chi connectivity index (χ2v) is 4.91. The highest BCUT2D eigenvalue weighted by Crippen LogP contribution is 2.13. The summed E-state index contributed by atoms with van der Waals surface area (Å²) >= 11 is 1.52. The predicted molar refractivity (Wildman–Crippen MR) is 70.1 cm³/mol. The molecule has 94 valence electrons. The summed E-state index contributed by atoms with van der Waals surface area (Å²) in [6.07, 6.45) is 3.50. The number of hydrogen-bond acceptors (Lipinski definition) is 5. The van der Waals surface area contributed by atoms with Crippen LogP contribution in [0.2, 0.25) is 0 Å². The Balaban J connectivity index is 1.84. The van der Waals surface area contributed by atoms with Crippen molar-refractivity contribution in [3.05, 3.63) is 45.7 Å². The van der Waals surface area contributed by atoms with Gasteiger partial charge in [-0.2, -0.15) is 0 Å². The van der Waals surface area contributed by atoms with Crippen LogP contribution < -0.4 is 11.1 Å². The molecule has 2 aromatic rings. The molecule has 0 radical (unpaired) electrons. The zero-order valence-electron chi connectivity index (χ0n) is 10.0. The zero-order valence-corrected chi connectivity index (χ0v) is 10.8. The second kappa shape index (κ2) is 5.70. The molecule has 2 aromatic heterocycles. The zero-order chi connectivity index (χ0) is 13.0. The average molecular weight is 262 g/mol. The number of carbonyl (C=O) groups is 1. The van der Waals surface area contributed by atoms with E-state index in [1.54, 1.807) is 23.8 Å². The van der Waals surface area contributed by atoms with Gasteiger partial charge in [-0.05, 0) is 13.0 Å². The summed E-state index contributed by atoms with van der Waals surface area (Å²) in [5.41, 5.74) is 7.55. The highest BCUT2D eigenvalue weighted by Gasteiger charge is 2.04. The van der Waals surface area contributed by atoms with Gasteiger partial charge in [0.1, 0.15) is 0 Å². The first-order chi connectivity index (χ1) is 8.65. The molecule has 0 aromatic carbocycles. The number of nitrogens with one attached hydrogen (secondary N) is 1. The van der Waals surface area contributed by atoms with Crippen molar-refractivity contribution < 1.29 is 4.79 Å². The molecule has 2 rings (SSSR count). The van der Waals surface area contributed by atoms with Crippen LogP contribution in [0.3, 0.4) is 0 Å². The fourth-order valence-electron chi connectivity index (χ4n) is 1.43. The van der Waals surface area contributed by atoms with Gasteiger partial charge in [0.25, 0.3) is 0 Å². The Labute approximate surface area is 109 Å². The van der Waals surface area contributed by atoms with Crippen molar-refractivity contribution in [3.8, 4) is 0 Å². The van der Waals surface area contributed by atoms with Crippen molar-refractivity contribution in [2.45, 2.75) is 20.0 Å². The van der Waals surface area contributed by atoms with Crippen LogP contribution in [0, 0.1) is 6.92 Å². The molecule has 0 atom stereocenters. The van der Waals surface area contributed by atoms with E-state index in [0.29, 0.717) is 18.7 Å². The Morgan fingerprint density at radius 2 is 2.22 bits per heavy atom. The van der Waals surface area contributed by atoms with Crippen LogP contribution in [0.25, 0.3) is 0 Å². The second-order valence-electron chi connectivity index (χ2n) is 3.92. The van der Waals surface area contributed by atoms with E-state index in [9.17, 15) is 4.79 Å². The molecule has 0 saturated heterocycles. The SMILES string of the molecule is Cc1cnc(CNCc2cc(C(N)=O)cs2)cn1. The molecule has 0 unspecified atom stereocenters. The maximum Gasteiger partial charge on any atom is 0.249 e. The van der Waals surface area contributed by atoms with Crippen molar-refractivity contribution in [1.82, 2.24) is 15.3 Å². The Morgan fingerprint density at radius 1 is 1.39 bits per heavy atom. The molecule has 0 bridgehead atoms. The Morgan fingerprint density at radius 3 is 2.83 bits per heavy atom. The maximum absolute atomic E-state index is 10.9. The summed E-state index contributed by atoms with van der Waals surface area (Å²) in [5, 5.41) is 5.01. The monoisotopic (exact) mass is 262 g/mol. The van der Waals surface area contributed by atoms with E-state index >= 15 is 0 Å². The van der Waals surface area contributed by atoms with E-state index in [4.69, 9.17) is 5.73 Å². The number of carbonyl (C=O) groups excluding carboxylic acids is 1. The molecule has 0 saturated carbocycles. The van der Waals surface area contributed by atoms with E-state index in [1.165, 1.54) is 11.3 Å². The van der Waals surface area contributed by atoms with Crippen LogP contribution in [-0.2, 0) is 13.1 Å². The molecule has 5 nitrogen and oxygen atoms in total. The van der Waals surface area contributed by atoms with Gasteiger partial charge < -0.3 is 11.1 Å².